The van der Waals surface area contributed by atoms with Gasteiger partial charge in [-0.25, -0.2) is 13.2 Å². The lowest BCUT2D eigenvalue weighted by Crippen LogP contribution is -2.40. The van der Waals surface area contributed by atoms with Crippen LogP contribution in [0.25, 0.3) is 0 Å². The molecule has 1 aliphatic heterocycles. The Hall–Kier alpha value is -2.22. The summed E-state index contributed by atoms with van der Waals surface area (Å²) in [7, 11) is -3.67. The molecule has 2 aromatic rings. The van der Waals surface area contributed by atoms with Gasteiger partial charge in [0.25, 0.3) is 0 Å². The van der Waals surface area contributed by atoms with Gasteiger partial charge in [0.2, 0.25) is 10.0 Å². The Bertz CT molecular complexity index is 963. The minimum Gasteiger partial charge on any atom is -0.423 e. The van der Waals surface area contributed by atoms with Crippen LogP contribution >= 0.6 is 0 Å². The number of ether oxygens (including phenoxy) is 2. The summed E-state index contributed by atoms with van der Waals surface area (Å²) in [5, 5.41) is 0. The molecule has 3 rings (SSSR count). The van der Waals surface area contributed by atoms with Crippen LogP contribution < -0.4 is 4.74 Å². The summed E-state index contributed by atoms with van der Waals surface area (Å²) < 4.78 is 37.8. The van der Waals surface area contributed by atoms with Gasteiger partial charge in [-0.2, -0.15) is 4.31 Å². The third-order valence-electron chi connectivity index (χ3n) is 4.76. The van der Waals surface area contributed by atoms with Crippen molar-refractivity contribution in [1.82, 2.24) is 4.31 Å². The van der Waals surface area contributed by atoms with Crippen LogP contribution in [-0.2, 0) is 14.8 Å². The lowest BCUT2D eigenvalue weighted by atomic mass is 10.0. The fourth-order valence-corrected chi connectivity index (χ4v) is 4.42. The van der Waals surface area contributed by atoms with Crippen LogP contribution in [0.1, 0.15) is 41.3 Å². The van der Waals surface area contributed by atoms with Gasteiger partial charge in [-0.1, -0.05) is 32.0 Å². The van der Waals surface area contributed by atoms with E-state index in [1.165, 1.54) is 16.4 Å². The molecule has 0 spiro atoms. The molecule has 2 aromatic carbocycles. The maximum Gasteiger partial charge on any atom is 0.343 e. The zero-order valence-corrected chi connectivity index (χ0v) is 17.2. The largest absolute Gasteiger partial charge is 0.423 e. The van der Waals surface area contributed by atoms with Crippen molar-refractivity contribution in [3.05, 3.63) is 59.2 Å². The molecule has 1 saturated heterocycles. The highest BCUT2D eigenvalue weighted by Gasteiger charge is 2.27. The first kappa shape index (κ1) is 20.5. The third kappa shape index (κ3) is 4.43. The second-order valence-electron chi connectivity index (χ2n) is 7.11. The molecule has 1 fully saturated rings. The molecule has 0 atom stereocenters. The minimum absolute atomic E-state index is 0.0801. The number of rotatable bonds is 5. The molecule has 0 radical (unpaired) electrons. The van der Waals surface area contributed by atoms with E-state index in [9.17, 15) is 13.2 Å². The fourth-order valence-electron chi connectivity index (χ4n) is 2.96. The van der Waals surface area contributed by atoms with Gasteiger partial charge in [-0.05, 0) is 48.2 Å². The fraction of sp³-hybridized carbons (Fsp3) is 0.381. The zero-order valence-electron chi connectivity index (χ0n) is 16.3. The van der Waals surface area contributed by atoms with E-state index in [4.69, 9.17) is 9.47 Å². The molecule has 1 heterocycles. The van der Waals surface area contributed by atoms with E-state index < -0.39 is 16.0 Å². The number of carbonyl (C=O) groups excluding carboxylic acids is 1. The highest BCUT2D eigenvalue weighted by molar-refractivity contribution is 7.89. The average molecular weight is 404 g/mol. The van der Waals surface area contributed by atoms with E-state index in [1.807, 2.05) is 25.1 Å². The van der Waals surface area contributed by atoms with Gasteiger partial charge in [0.15, 0.2) is 0 Å². The Morgan fingerprint density at radius 2 is 1.82 bits per heavy atom. The van der Waals surface area contributed by atoms with Crippen molar-refractivity contribution in [2.75, 3.05) is 26.3 Å². The van der Waals surface area contributed by atoms with Crippen molar-refractivity contribution < 1.29 is 22.7 Å². The monoisotopic (exact) mass is 403 g/mol. The number of morpholine rings is 1. The van der Waals surface area contributed by atoms with E-state index in [2.05, 4.69) is 13.8 Å². The lowest BCUT2D eigenvalue weighted by molar-refractivity contribution is 0.0726. The Kier molecular flexibility index (Phi) is 6.17. The smallest absolute Gasteiger partial charge is 0.343 e. The summed E-state index contributed by atoms with van der Waals surface area (Å²) in [6.07, 6.45) is 0. The second-order valence-corrected chi connectivity index (χ2v) is 9.05. The molecule has 7 heteroatoms. The van der Waals surface area contributed by atoms with E-state index in [1.54, 1.807) is 12.1 Å². The van der Waals surface area contributed by atoms with Crippen molar-refractivity contribution in [3.63, 3.8) is 0 Å². The summed E-state index contributed by atoms with van der Waals surface area (Å²) in [6, 6.07) is 11.8. The van der Waals surface area contributed by atoms with Crippen LogP contribution in [0.3, 0.4) is 0 Å². The molecule has 0 aliphatic carbocycles. The quantitative estimate of drug-likeness (QED) is 0.565. The molecule has 0 amide bonds. The molecule has 0 saturated carbocycles. The molecule has 0 N–H and O–H groups in total. The number of nitrogens with zero attached hydrogens (tertiary/aromatic N) is 1. The minimum atomic E-state index is -3.67. The highest BCUT2D eigenvalue weighted by Crippen LogP contribution is 2.26. The Morgan fingerprint density at radius 1 is 1.11 bits per heavy atom. The molecular weight excluding hydrogens is 378 g/mol. The first-order valence-electron chi connectivity index (χ1n) is 9.29. The maximum atomic E-state index is 12.8. The van der Waals surface area contributed by atoms with Crippen molar-refractivity contribution in [2.24, 2.45) is 0 Å². The first-order chi connectivity index (χ1) is 13.3. The van der Waals surface area contributed by atoms with E-state index >= 15 is 0 Å². The van der Waals surface area contributed by atoms with E-state index in [0.29, 0.717) is 38.0 Å². The summed E-state index contributed by atoms with van der Waals surface area (Å²) in [5.41, 5.74) is 2.11. The molecule has 0 unspecified atom stereocenters. The molecule has 1 aliphatic rings. The summed E-state index contributed by atoms with van der Waals surface area (Å²) >= 11 is 0. The topological polar surface area (TPSA) is 72.9 Å². The number of hydrogen-bond donors (Lipinski definition) is 0. The Labute approximate surface area is 166 Å². The summed E-state index contributed by atoms with van der Waals surface area (Å²) in [6.45, 7) is 7.34. The predicted molar refractivity (Wildman–Crippen MR) is 106 cm³/mol. The van der Waals surface area contributed by atoms with Gasteiger partial charge in [-0.15, -0.1) is 0 Å². The van der Waals surface area contributed by atoms with Gasteiger partial charge in [0.1, 0.15) is 5.75 Å². The van der Waals surface area contributed by atoms with Gasteiger partial charge >= 0.3 is 5.97 Å². The van der Waals surface area contributed by atoms with Crippen molar-refractivity contribution in [2.45, 2.75) is 31.6 Å². The highest BCUT2D eigenvalue weighted by atomic mass is 32.2. The molecule has 28 heavy (non-hydrogen) atoms. The molecule has 6 nitrogen and oxygen atoms in total. The molecular formula is C21H25NO5S. The molecule has 0 aromatic heterocycles. The Balaban J connectivity index is 1.84. The summed E-state index contributed by atoms with van der Waals surface area (Å²) in [4.78, 5) is 12.7. The third-order valence-corrected chi connectivity index (χ3v) is 6.65. The number of hydrogen-bond acceptors (Lipinski definition) is 5. The van der Waals surface area contributed by atoms with Gasteiger partial charge in [0, 0.05) is 13.1 Å². The normalized spacial score (nSPS) is 15.6. The van der Waals surface area contributed by atoms with E-state index in [0.717, 1.165) is 11.1 Å². The Morgan fingerprint density at radius 3 is 2.50 bits per heavy atom. The van der Waals surface area contributed by atoms with Crippen LogP contribution in [0.2, 0.25) is 0 Å². The van der Waals surface area contributed by atoms with Crippen molar-refractivity contribution in [3.8, 4) is 5.75 Å². The second kappa shape index (κ2) is 8.43. The number of aryl methyl sites for hydroxylation is 1. The van der Waals surface area contributed by atoms with Crippen LogP contribution in [0.5, 0.6) is 5.75 Å². The number of benzene rings is 2. The number of sulfonamides is 1. The van der Waals surface area contributed by atoms with E-state index in [-0.39, 0.29) is 10.5 Å². The lowest BCUT2D eigenvalue weighted by Gasteiger charge is -2.26. The van der Waals surface area contributed by atoms with Gasteiger partial charge < -0.3 is 9.47 Å². The zero-order chi connectivity index (χ0) is 20.3. The summed E-state index contributed by atoms with van der Waals surface area (Å²) in [5.74, 6) is 0.209. The molecule has 0 bridgehead atoms. The maximum absolute atomic E-state index is 12.8. The van der Waals surface area contributed by atoms with Crippen LogP contribution in [-0.4, -0.2) is 45.0 Å². The first-order valence-corrected chi connectivity index (χ1v) is 10.7. The van der Waals surface area contributed by atoms with Crippen molar-refractivity contribution in [1.29, 1.82) is 0 Å². The van der Waals surface area contributed by atoms with Gasteiger partial charge in [-0.3, -0.25) is 0 Å². The average Bonchev–Trinajstić information content (AvgIpc) is 2.70. The standard InChI is InChI=1S/C21H25NO5S/c1-15(2)17-8-7-16(3)20(14-17)27-21(23)18-5-4-6-19(13-18)28(24,25)22-9-11-26-12-10-22/h4-8,13-15H,9-12H2,1-3H3. The SMILES string of the molecule is Cc1ccc(C(C)C)cc1OC(=O)c1cccc(S(=O)(=O)N2CCOCC2)c1. The van der Waals surface area contributed by atoms with Crippen molar-refractivity contribution >= 4 is 16.0 Å². The predicted octanol–water partition coefficient (Wildman–Crippen LogP) is 3.36. The number of esters is 1. The van der Waals surface area contributed by atoms with Crippen LogP contribution in [0.4, 0.5) is 0 Å². The van der Waals surface area contributed by atoms with Crippen LogP contribution in [0, 0.1) is 6.92 Å². The molecule has 150 valence electrons. The van der Waals surface area contributed by atoms with Gasteiger partial charge in [0.05, 0.1) is 23.7 Å². The number of carbonyl (C=O) groups is 1. The van der Waals surface area contributed by atoms with Crippen LogP contribution in [0.15, 0.2) is 47.4 Å².